The first-order chi connectivity index (χ1) is 10.4. The van der Waals surface area contributed by atoms with E-state index in [4.69, 9.17) is 9.57 Å². The van der Waals surface area contributed by atoms with Gasteiger partial charge in [-0.3, -0.25) is 0 Å². The Morgan fingerprint density at radius 2 is 1.86 bits per heavy atom. The van der Waals surface area contributed by atoms with Crippen molar-refractivity contribution in [2.45, 2.75) is 19.9 Å². The maximum atomic E-state index is 11.4. The van der Waals surface area contributed by atoms with Crippen LogP contribution in [0, 0.1) is 0 Å². The number of quaternary nitrogens is 1. The molecule has 2 rings (SSSR count). The Kier molecular flexibility index (Phi) is 4.65. The van der Waals surface area contributed by atoms with Crippen LogP contribution < -0.4 is 4.74 Å². The van der Waals surface area contributed by atoms with Gasteiger partial charge in [0.05, 0.1) is 11.9 Å². The Morgan fingerprint density at radius 3 is 2.45 bits per heavy atom. The van der Waals surface area contributed by atoms with Crippen LogP contribution in [0.4, 0.5) is 4.79 Å². The maximum Gasteiger partial charge on any atom is 0.582 e. The van der Waals surface area contributed by atoms with E-state index in [1.54, 1.807) is 27.0 Å². The van der Waals surface area contributed by atoms with Gasteiger partial charge >= 0.3 is 6.09 Å². The van der Waals surface area contributed by atoms with Crippen molar-refractivity contribution in [3.63, 3.8) is 0 Å². The quantitative estimate of drug-likeness (QED) is 0.500. The molecule has 2 atom stereocenters. The van der Waals surface area contributed by atoms with Crippen LogP contribution in [-0.2, 0) is 4.84 Å². The van der Waals surface area contributed by atoms with Gasteiger partial charge in [-0.1, -0.05) is 18.2 Å². The van der Waals surface area contributed by atoms with Crippen molar-refractivity contribution in [1.82, 2.24) is 0 Å². The maximum absolute atomic E-state index is 11.4. The third-order valence-electron chi connectivity index (χ3n) is 3.68. The van der Waals surface area contributed by atoms with Gasteiger partial charge in [0.2, 0.25) is 0 Å². The van der Waals surface area contributed by atoms with E-state index in [1.807, 2.05) is 30.3 Å². The van der Waals surface area contributed by atoms with E-state index < -0.39 is 16.9 Å². The van der Waals surface area contributed by atoms with Crippen LogP contribution in [0.15, 0.2) is 36.4 Å². The molecule has 0 bridgehead atoms. The molecule has 0 aromatic heterocycles. The van der Waals surface area contributed by atoms with Crippen LogP contribution in [0.3, 0.4) is 0 Å². The third kappa shape index (κ3) is 2.89. The van der Waals surface area contributed by atoms with Crippen LogP contribution >= 0.6 is 0 Å². The Morgan fingerprint density at radius 1 is 1.23 bits per heavy atom. The largest absolute Gasteiger partial charge is 0.582 e. The molecule has 2 aromatic rings. The predicted molar refractivity (Wildman–Crippen MR) is 80.6 cm³/mol. The van der Waals surface area contributed by atoms with Crippen molar-refractivity contribution in [3.05, 3.63) is 42.0 Å². The number of methoxy groups -OCH3 is 1. The summed E-state index contributed by atoms with van der Waals surface area (Å²) >= 11 is 0. The zero-order valence-corrected chi connectivity index (χ0v) is 12.8. The zero-order valence-electron chi connectivity index (χ0n) is 12.8. The van der Waals surface area contributed by atoms with Gasteiger partial charge in [-0.25, -0.2) is 0 Å². The first-order valence-corrected chi connectivity index (χ1v) is 6.99. The van der Waals surface area contributed by atoms with Crippen LogP contribution in [0.1, 0.15) is 25.5 Å². The first kappa shape index (κ1) is 16.2. The summed E-state index contributed by atoms with van der Waals surface area (Å²) in [4.78, 5) is 14.9. The SMILES string of the molecule is CCO[N+](O)(C(=O)O)C(C)c1ccc2cc(OC)ccc2c1. The fourth-order valence-electron chi connectivity index (χ4n) is 2.36. The molecular weight excluding hydrogens is 286 g/mol. The number of hydrogen-bond acceptors (Lipinski definition) is 4. The minimum absolute atomic E-state index is 0.0813. The number of carboxylic acid groups (broad SMARTS) is 1. The molecule has 0 aliphatic heterocycles. The van der Waals surface area contributed by atoms with E-state index in [-0.39, 0.29) is 6.61 Å². The molecule has 0 saturated heterocycles. The average Bonchev–Trinajstić information content (AvgIpc) is 2.53. The molecule has 1 amide bonds. The predicted octanol–water partition coefficient (Wildman–Crippen LogP) is 3.74. The van der Waals surface area contributed by atoms with Crippen LogP contribution in [0.2, 0.25) is 0 Å². The van der Waals surface area contributed by atoms with Crippen LogP contribution in [0.25, 0.3) is 10.8 Å². The lowest BCUT2D eigenvalue weighted by molar-refractivity contribution is -1.21. The minimum Gasteiger partial charge on any atom is -0.497 e. The normalized spacial score (nSPS) is 15.3. The molecule has 6 heteroatoms. The standard InChI is InChI=1S/C16H19NO5/c1-4-22-17(20,16(18)19)11(2)12-5-6-14-10-15(21-3)8-7-13(14)9-12/h5-11,20H,4H2,1-3H3/p+1. The summed E-state index contributed by atoms with van der Waals surface area (Å²) in [6.07, 6.45) is -1.45. The summed E-state index contributed by atoms with van der Waals surface area (Å²) < 4.78 is 5.18. The highest BCUT2D eigenvalue weighted by molar-refractivity contribution is 5.84. The number of amides is 1. The van der Waals surface area contributed by atoms with Crippen molar-refractivity contribution < 1.29 is 29.5 Å². The molecule has 0 aliphatic carbocycles. The highest BCUT2D eigenvalue weighted by Gasteiger charge is 2.45. The number of nitrogens with zero attached hydrogens (tertiary/aromatic N) is 1. The molecule has 0 fully saturated rings. The van der Waals surface area contributed by atoms with Crippen LogP contribution in [-0.4, -0.2) is 34.9 Å². The molecule has 118 valence electrons. The van der Waals surface area contributed by atoms with Gasteiger partial charge in [0, 0.05) is 5.56 Å². The summed E-state index contributed by atoms with van der Waals surface area (Å²) in [6, 6.07) is 10.3. The van der Waals surface area contributed by atoms with Gasteiger partial charge in [-0.15, -0.1) is 0 Å². The van der Waals surface area contributed by atoms with Crippen molar-refractivity contribution in [3.8, 4) is 5.75 Å². The second kappa shape index (κ2) is 6.31. The Bertz CT molecular complexity index is 687. The molecule has 0 saturated carbocycles. The van der Waals surface area contributed by atoms with Crippen molar-refractivity contribution in [2.75, 3.05) is 13.7 Å². The lowest BCUT2D eigenvalue weighted by atomic mass is 10.0. The molecule has 2 unspecified atom stereocenters. The number of ether oxygens (including phenoxy) is 1. The van der Waals surface area contributed by atoms with E-state index in [0.29, 0.717) is 5.56 Å². The van der Waals surface area contributed by atoms with Gasteiger partial charge in [0.25, 0.3) is 0 Å². The number of rotatable bonds is 5. The summed E-state index contributed by atoms with van der Waals surface area (Å²) in [6.45, 7) is 3.32. The molecule has 0 spiro atoms. The molecule has 2 N–H and O–H groups in total. The molecule has 6 nitrogen and oxygen atoms in total. The smallest absolute Gasteiger partial charge is 0.497 e. The Labute approximate surface area is 128 Å². The molecule has 0 radical (unpaired) electrons. The average molecular weight is 306 g/mol. The number of hydrogen-bond donors (Lipinski definition) is 2. The lowest BCUT2D eigenvalue weighted by Gasteiger charge is -2.27. The second-order valence-electron chi connectivity index (χ2n) is 4.97. The van der Waals surface area contributed by atoms with E-state index in [2.05, 4.69) is 0 Å². The van der Waals surface area contributed by atoms with Gasteiger partial charge < -0.3 is 9.84 Å². The van der Waals surface area contributed by atoms with Crippen molar-refractivity contribution in [2.24, 2.45) is 0 Å². The Hall–Kier alpha value is -2.15. The highest BCUT2D eigenvalue weighted by Crippen LogP contribution is 2.30. The van der Waals surface area contributed by atoms with Gasteiger partial charge in [-0.05, 0) is 42.8 Å². The van der Waals surface area contributed by atoms with Crippen molar-refractivity contribution in [1.29, 1.82) is 0 Å². The number of fused-ring (bicyclic) bond motifs is 1. The van der Waals surface area contributed by atoms with Gasteiger partial charge in [-0.2, -0.15) is 14.8 Å². The van der Waals surface area contributed by atoms with E-state index in [1.165, 1.54) is 0 Å². The molecular formula is C16H20NO5+. The number of hydroxylamine groups is 4. The minimum atomic E-state index is -1.50. The lowest BCUT2D eigenvalue weighted by Crippen LogP contribution is -2.50. The first-order valence-electron chi connectivity index (χ1n) is 6.99. The van der Waals surface area contributed by atoms with E-state index in [0.717, 1.165) is 16.5 Å². The topological polar surface area (TPSA) is 76.0 Å². The molecule has 0 heterocycles. The molecule has 0 aliphatic rings. The van der Waals surface area contributed by atoms with Crippen LogP contribution in [0.5, 0.6) is 5.75 Å². The van der Waals surface area contributed by atoms with Crippen molar-refractivity contribution >= 4 is 16.9 Å². The van der Waals surface area contributed by atoms with Gasteiger partial charge in [0.15, 0.2) is 6.04 Å². The van der Waals surface area contributed by atoms with Gasteiger partial charge in [0.1, 0.15) is 12.4 Å². The summed E-state index contributed by atoms with van der Waals surface area (Å²) in [5.41, 5.74) is 0.663. The summed E-state index contributed by atoms with van der Waals surface area (Å²) in [5, 5.41) is 21.4. The fourth-order valence-corrected chi connectivity index (χ4v) is 2.36. The molecule has 22 heavy (non-hydrogen) atoms. The molecule has 2 aromatic carbocycles. The number of benzene rings is 2. The summed E-state index contributed by atoms with van der Waals surface area (Å²) in [7, 11) is 1.60. The fraction of sp³-hybridized carbons (Fsp3) is 0.312. The van der Waals surface area contributed by atoms with E-state index >= 15 is 0 Å². The zero-order chi connectivity index (χ0) is 16.3. The number of carbonyl (C=O) groups is 1. The monoisotopic (exact) mass is 306 g/mol. The Balaban J connectivity index is 2.43. The second-order valence-corrected chi connectivity index (χ2v) is 4.97. The highest BCUT2D eigenvalue weighted by atomic mass is 16.9. The van der Waals surface area contributed by atoms with E-state index in [9.17, 15) is 15.1 Å². The third-order valence-corrected chi connectivity index (χ3v) is 3.68. The summed E-state index contributed by atoms with van der Waals surface area (Å²) in [5.74, 6) is 0.750.